The molecule has 24 heavy (non-hydrogen) atoms. The number of aromatic nitrogens is 3. The summed E-state index contributed by atoms with van der Waals surface area (Å²) in [5.41, 5.74) is 1.49. The second-order valence-electron chi connectivity index (χ2n) is 6.65. The van der Waals surface area contributed by atoms with Crippen LogP contribution in [0.5, 0.6) is 0 Å². The van der Waals surface area contributed by atoms with Crippen molar-refractivity contribution in [1.82, 2.24) is 24.6 Å². The second kappa shape index (κ2) is 6.73. The summed E-state index contributed by atoms with van der Waals surface area (Å²) in [5, 5.41) is 4.18. The van der Waals surface area contributed by atoms with Gasteiger partial charge in [-0.15, -0.1) is 0 Å². The summed E-state index contributed by atoms with van der Waals surface area (Å²) in [6.45, 7) is 4.05. The maximum atomic E-state index is 13.1. The predicted octanol–water partition coefficient (Wildman–Crippen LogP) is 1.97. The molecule has 0 N–H and O–H groups in total. The Hall–Kier alpha value is -2.21. The van der Waals surface area contributed by atoms with E-state index in [-0.39, 0.29) is 5.91 Å². The summed E-state index contributed by atoms with van der Waals surface area (Å²) >= 11 is 0. The van der Waals surface area contributed by atoms with Crippen LogP contribution in [0.3, 0.4) is 0 Å². The minimum Gasteiger partial charge on any atom is -0.337 e. The van der Waals surface area contributed by atoms with E-state index in [4.69, 9.17) is 0 Å². The fourth-order valence-electron chi connectivity index (χ4n) is 3.90. The number of piperidine rings is 1. The SMILES string of the molecule is O=C(c1ccccc1-n1cncn1)N1CCC[C@@H](N2CCCC2)C1. The second-order valence-corrected chi connectivity index (χ2v) is 6.65. The number of nitrogens with zero attached hydrogens (tertiary/aromatic N) is 5. The van der Waals surface area contributed by atoms with E-state index < -0.39 is 0 Å². The van der Waals surface area contributed by atoms with Crippen LogP contribution in [0.4, 0.5) is 0 Å². The van der Waals surface area contributed by atoms with Gasteiger partial charge in [0.25, 0.3) is 5.91 Å². The number of hydrogen-bond acceptors (Lipinski definition) is 4. The highest BCUT2D eigenvalue weighted by atomic mass is 16.2. The molecule has 1 aromatic carbocycles. The highest BCUT2D eigenvalue weighted by Gasteiger charge is 2.30. The molecule has 2 saturated heterocycles. The quantitative estimate of drug-likeness (QED) is 0.866. The Balaban J connectivity index is 1.55. The number of para-hydroxylation sites is 1. The zero-order valence-corrected chi connectivity index (χ0v) is 13.8. The van der Waals surface area contributed by atoms with Gasteiger partial charge in [-0.2, -0.15) is 5.10 Å². The largest absolute Gasteiger partial charge is 0.337 e. The Bertz CT molecular complexity index is 693. The lowest BCUT2D eigenvalue weighted by Gasteiger charge is -2.37. The molecule has 0 bridgehead atoms. The van der Waals surface area contributed by atoms with Crippen LogP contribution >= 0.6 is 0 Å². The third-order valence-corrected chi connectivity index (χ3v) is 5.14. The molecule has 1 atom stereocenters. The predicted molar refractivity (Wildman–Crippen MR) is 91.1 cm³/mol. The summed E-state index contributed by atoms with van der Waals surface area (Å²) in [7, 11) is 0. The number of hydrogen-bond donors (Lipinski definition) is 0. The molecule has 2 aromatic rings. The van der Waals surface area contributed by atoms with Gasteiger partial charge in [0.2, 0.25) is 0 Å². The van der Waals surface area contributed by atoms with Crippen LogP contribution in [-0.4, -0.2) is 62.7 Å². The van der Waals surface area contributed by atoms with Gasteiger partial charge in [0.1, 0.15) is 12.7 Å². The highest BCUT2D eigenvalue weighted by Crippen LogP contribution is 2.23. The molecule has 0 spiro atoms. The Labute approximate surface area is 142 Å². The van der Waals surface area contributed by atoms with E-state index >= 15 is 0 Å². The molecule has 0 radical (unpaired) electrons. The Morgan fingerprint density at radius 3 is 2.71 bits per heavy atom. The van der Waals surface area contributed by atoms with Crippen LogP contribution in [0.25, 0.3) is 5.69 Å². The van der Waals surface area contributed by atoms with Gasteiger partial charge in [-0.25, -0.2) is 9.67 Å². The maximum absolute atomic E-state index is 13.1. The molecule has 0 saturated carbocycles. The van der Waals surface area contributed by atoms with Crippen LogP contribution in [-0.2, 0) is 0 Å². The van der Waals surface area contributed by atoms with Crippen molar-refractivity contribution in [3.05, 3.63) is 42.5 Å². The molecule has 6 nitrogen and oxygen atoms in total. The summed E-state index contributed by atoms with van der Waals surface area (Å²) in [5.74, 6) is 0.102. The lowest BCUT2D eigenvalue weighted by Crippen LogP contribution is -2.49. The van der Waals surface area contributed by atoms with Gasteiger partial charge in [0.15, 0.2) is 0 Å². The summed E-state index contributed by atoms with van der Waals surface area (Å²) in [6, 6.07) is 8.17. The van der Waals surface area contributed by atoms with Gasteiger partial charge in [-0.05, 0) is 50.9 Å². The molecule has 4 rings (SSSR count). The fraction of sp³-hybridized carbons (Fsp3) is 0.500. The zero-order chi connectivity index (χ0) is 16.4. The first kappa shape index (κ1) is 15.3. The Morgan fingerprint density at radius 2 is 1.92 bits per heavy atom. The molecule has 0 unspecified atom stereocenters. The fourth-order valence-corrected chi connectivity index (χ4v) is 3.90. The zero-order valence-electron chi connectivity index (χ0n) is 13.8. The molecule has 2 aliphatic rings. The van der Waals surface area contributed by atoms with E-state index in [0.29, 0.717) is 11.6 Å². The van der Waals surface area contributed by atoms with Crippen molar-refractivity contribution in [2.45, 2.75) is 31.7 Å². The van der Waals surface area contributed by atoms with Crippen molar-refractivity contribution in [1.29, 1.82) is 0 Å². The number of benzene rings is 1. The summed E-state index contributed by atoms with van der Waals surface area (Å²) < 4.78 is 1.66. The van der Waals surface area contributed by atoms with Crippen molar-refractivity contribution in [3.63, 3.8) is 0 Å². The lowest BCUT2D eigenvalue weighted by molar-refractivity contribution is 0.0608. The van der Waals surface area contributed by atoms with Gasteiger partial charge in [-0.1, -0.05) is 12.1 Å². The molecular formula is C18H23N5O. The van der Waals surface area contributed by atoms with Crippen LogP contribution in [0.1, 0.15) is 36.0 Å². The van der Waals surface area contributed by atoms with Crippen molar-refractivity contribution >= 4 is 5.91 Å². The Morgan fingerprint density at radius 1 is 1.08 bits per heavy atom. The first-order valence-corrected chi connectivity index (χ1v) is 8.80. The smallest absolute Gasteiger partial charge is 0.256 e. The molecule has 2 aliphatic heterocycles. The molecule has 0 aliphatic carbocycles. The van der Waals surface area contributed by atoms with Gasteiger partial charge in [-0.3, -0.25) is 9.69 Å². The number of rotatable bonds is 3. The Kier molecular flexibility index (Phi) is 4.30. The third-order valence-electron chi connectivity index (χ3n) is 5.14. The van der Waals surface area contributed by atoms with Gasteiger partial charge >= 0.3 is 0 Å². The lowest BCUT2D eigenvalue weighted by atomic mass is 10.0. The number of carbonyl (C=O) groups is 1. The first-order valence-electron chi connectivity index (χ1n) is 8.80. The number of carbonyl (C=O) groups excluding carboxylic acids is 1. The van der Waals surface area contributed by atoms with Crippen molar-refractivity contribution in [3.8, 4) is 5.69 Å². The van der Waals surface area contributed by atoms with Crippen molar-refractivity contribution in [2.75, 3.05) is 26.2 Å². The highest BCUT2D eigenvalue weighted by molar-refractivity contribution is 5.97. The van der Waals surface area contributed by atoms with E-state index in [9.17, 15) is 4.79 Å². The molecule has 1 aromatic heterocycles. The van der Waals surface area contributed by atoms with E-state index in [1.807, 2.05) is 29.2 Å². The topological polar surface area (TPSA) is 54.3 Å². The third kappa shape index (κ3) is 2.94. The molecule has 3 heterocycles. The molecule has 2 fully saturated rings. The average molecular weight is 325 g/mol. The van der Waals surface area contributed by atoms with E-state index in [1.54, 1.807) is 11.0 Å². The van der Waals surface area contributed by atoms with Crippen LogP contribution < -0.4 is 0 Å². The van der Waals surface area contributed by atoms with Gasteiger partial charge < -0.3 is 4.90 Å². The van der Waals surface area contributed by atoms with Gasteiger partial charge in [0.05, 0.1) is 11.3 Å². The monoisotopic (exact) mass is 325 g/mol. The molecule has 126 valence electrons. The standard InChI is InChI=1S/C18H23N5O/c24-18(16-7-1-2-8-17(16)23-14-19-13-20-23)22-11-5-6-15(12-22)21-9-3-4-10-21/h1-2,7-8,13-15H,3-6,9-12H2/t15-/m1/s1. The average Bonchev–Trinajstić information content (AvgIpc) is 3.35. The van der Waals surface area contributed by atoms with Crippen LogP contribution in [0.15, 0.2) is 36.9 Å². The van der Waals surface area contributed by atoms with E-state index in [1.165, 1.54) is 38.7 Å². The van der Waals surface area contributed by atoms with Crippen LogP contribution in [0.2, 0.25) is 0 Å². The number of likely N-dealkylation sites (tertiary alicyclic amines) is 2. The van der Waals surface area contributed by atoms with Crippen molar-refractivity contribution in [2.24, 2.45) is 0 Å². The minimum absolute atomic E-state index is 0.102. The van der Waals surface area contributed by atoms with E-state index in [0.717, 1.165) is 25.2 Å². The van der Waals surface area contributed by atoms with Crippen molar-refractivity contribution < 1.29 is 4.79 Å². The van der Waals surface area contributed by atoms with E-state index in [2.05, 4.69) is 15.0 Å². The molecular weight excluding hydrogens is 302 g/mol. The molecule has 1 amide bonds. The first-order chi connectivity index (χ1) is 11.8. The van der Waals surface area contributed by atoms with Crippen LogP contribution in [0, 0.1) is 0 Å². The molecule has 6 heteroatoms. The summed E-state index contributed by atoms with van der Waals surface area (Å²) in [4.78, 5) is 21.7. The maximum Gasteiger partial charge on any atom is 0.256 e. The summed E-state index contributed by atoms with van der Waals surface area (Å²) in [6.07, 6.45) is 7.99. The normalized spacial score (nSPS) is 22.0. The minimum atomic E-state index is 0.102. The van der Waals surface area contributed by atoms with Gasteiger partial charge in [0, 0.05) is 19.1 Å². The number of amides is 1.